The molecule has 0 bridgehead atoms. The first-order valence-corrected chi connectivity index (χ1v) is 12.3. The van der Waals surface area contributed by atoms with E-state index in [2.05, 4.69) is 19.1 Å². The molecule has 6 heteroatoms. The minimum atomic E-state index is -1.01. The van der Waals surface area contributed by atoms with E-state index >= 15 is 0 Å². The fourth-order valence-electron chi connectivity index (χ4n) is 4.81. The summed E-state index contributed by atoms with van der Waals surface area (Å²) in [4.78, 5) is 0. The molecule has 3 aromatic rings. The molecule has 0 radical (unpaired) electrons. The molecule has 0 amide bonds. The van der Waals surface area contributed by atoms with Gasteiger partial charge in [0.25, 0.3) is 0 Å². The molecule has 192 valence electrons. The molecule has 3 unspecified atom stereocenters. The molecule has 0 aliphatic carbocycles. The maximum Gasteiger partial charge on any atom is 0.197 e. The van der Waals surface area contributed by atoms with Crippen LogP contribution in [0.3, 0.4) is 0 Å². The molecule has 0 saturated carbocycles. The van der Waals surface area contributed by atoms with Crippen molar-refractivity contribution in [1.29, 1.82) is 0 Å². The molecular formula is C30H36O6. The average Bonchev–Trinajstić information content (AvgIpc) is 2.93. The number of aliphatic hydroxyl groups is 1. The Labute approximate surface area is 213 Å². The van der Waals surface area contributed by atoms with Gasteiger partial charge in [-0.25, -0.2) is 0 Å². The third-order valence-electron chi connectivity index (χ3n) is 6.87. The van der Waals surface area contributed by atoms with Crippen LogP contribution in [-0.2, 0) is 33.0 Å². The highest BCUT2D eigenvalue weighted by molar-refractivity contribution is 5.45. The molecule has 36 heavy (non-hydrogen) atoms. The minimum absolute atomic E-state index is 0.0966. The Balaban J connectivity index is 1.59. The molecule has 1 saturated heterocycles. The zero-order valence-corrected chi connectivity index (χ0v) is 21.5. The van der Waals surface area contributed by atoms with Crippen LogP contribution in [-0.4, -0.2) is 45.3 Å². The number of aliphatic hydroxyl groups excluding tert-OH is 1. The van der Waals surface area contributed by atoms with Gasteiger partial charge >= 0.3 is 0 Å². The number of hydrogen-bond donors (Lipinski definition) is 1. The molecular weight excluding hydrogens is 456 g/mol. The van der Waals surface area contributed by atoms with Crippen LogP contribution in [0.5, 0.6) is 11.5 Å². The van der Waals surface area contributed by atoms with E-state index in [1.165, 1.54) is 5.56 Å². The second-order valence-electron chi connectivity index (χ2n) is 9.25. The highest BCUT2D eigenvalue weighted by Crippen LogP contribution is 2.41. The lowest BCUT2D eigenvalue weighted by molar-refractivity contribution is -0.303. The maximum atomic E-state index is 10.00. The van der Waals surface area contributed by atoms with Crippen molar-refractivity contribution in [2.75, 3.05) is 27.9 Å². The molecule has 6 nitrogen and oxygen atoms in total. The van der Waals surface area contributed by atoms with Crippen LogP contribution in [0.25, 0.3) is 0 Å². The Morgan fingerprint density at radius 3 is 2.39 bits per heavy atom. The molecule has 1 N–H and O–H groups in total. The van der Waals surface area contributed by atoms with E-state index in [1.54, 1.807) is 21.3 Å². The summed E-state index contributed by atoms with van der Waals surface area (Å²) in [5.74, 6) is 0.404. The number of aryl methyl sites for hydroxylation is 1. The summed E-state index contributed by atoms with van der Waals surface area (Å²) >= 11 is 0. The normalized spacial score (nSPS) is 21.8. The van der Waals surface area contributed by atoms with Gasteiger partial charge in [0.15, 0.2) is 17.3 Å². The van der Waals surface area contributed by atoms with Crippen molar-refractivity contribution in [3.8, 4) is 11.5 Å². The second-order valence-corrected chi connectivity index (χ2v) is 9.25. The summed E-state index contributed by atoms with van der Waals surface area (Å²) in [6.45, 7) is 2.51. The van der Waals surface area contributed by atoms with Crippen LogP contribution in [0, 0.1) is 6.92 Å². The van der Waals surface area contributed by atoms with Gasteiger partial charge in [0.1, 0.15) is 0 Å². The van der Waals surface area contributed by atoms with E-state index in [-0.39, 0.29) is 18.8 Å². The van der Waals surface area contributed by atoms with Crippen LogP contribution in [0.1, 0.15) is 40.7 Å². The lowest BCUT2D eigenvalue weighted by atomic mass is 9.89. The van der Waals surface area contributed by atoms with Crippen molar-refractivity contribution in [3.05, 3.63) is 94.5 Å². The summed E-state index contributed by atoms with van der Waals surface area (Å²) in [6, 6.07) is 22.4. The van der Waals surface area contributed by atoms with Gasteiger partial charge in [-0.2, -0.15) is 0 Å². The summed E-state index contributed by atoms with van der Waals surface area (Å²) < 4.78 is 29.6. The van der Waals surface area contributed by atoms with Gasteiger partial charge < -0.3 is 28.8 Å². The summed E-state index contributed by atoms with van der Waals surface area (Å²) in [5.41, 5.74) is 5.47. The second kappa shape index (κ2) is 11.9. The first-order valence-electron chi connectivity index (χ1n) is 12.3. The summed E-state index contributed by atoms with van der Waals surface area (Å²) in [5, 5.41) is 10.00. The molecule has 3 atom stereocenters. The van der Waals surface area contributed by atoms with Gasteiger partial charge in [-0.15, -0.1) is 0 Å². The number of methoxy groups -OCH3 is 3. The smallest absolute Gasteiger partial charge is 0.197 e. The lowest BCUT2D eigenvalue weighted by Crippen LogP contribution is -2.47. The van der Waals surface area contributed by atoms with E-state index < -0.39 is 5.79 Å². The fraction of sp³-hybridized carbons (Fsp3) is 0.400. The van der Waals surface area contributed by atoms with Crippen molar-refractivity contribution in [2.24, 2.45) is 0 Å². The van der Waals surface area contributed by atoms with Gasteiger partial charge in [-0.05, 0) is 53.8 Å². The Morgan fingerprint density at radius 2 is 1.69 bits per heavy atom. The molecule has 0 aromatic heterocycles. The third kappa shape index (κ3) is 5.90. The van der Waals surface area contributed by atoms with Gasteiger partial charge in [-0.1, -0.05) is 48.5 Å². The summed E-state index contributed by atoms with van der Waals surface area (Å²) in [7, 11) is 4.93. The molecule has 1 heterocycles. The molecule has 1 fully saturated rings. The monoisotopic (exact) mass is 492 g/mol. The van der Waals surface area contributed by atoms with E-state index in [0.717, 1.165) is 28.7 Å². The maximum absolute atomic E-state index is 10.00. The number of benzene rings is 3. The topological polar surface area (TPSA) is 66.4 Å². The highest BCUT2D eigenvalue weighted by Gasteiger charge is 2.44. The number of ether oxygens (including phenoxy) is 5. The van der Waals surface area contributed by atoms with Gasteiger partial charge in [0.05, 0.1) is 39.6 Å². The summed E-state index contributed by atoms with van der Waals surface area (Å²) in [6.07, 6.45) is 1.36. The van der Waals surface area contributed by atoms with Crippen LogP contribution in [0.4, 0.5) is 0 Å². The van der Waals surface area contributed by atoms with E-state index in [9.17, 15) is 5.11 Å². The molecule has 1 aliphatic heterocycles. The fourth-order valence-corrected chi connectivity index (χ4v) is 4.81. The number of hydrogen-bond acceptors (Lipinski definition) is 6. The largest absolute Gasteiger partial charge is 0.493 e. The van der Waals surface area contributed by atoms with E-state index in [1.807, 2.05) is 54.6 Å². The third-order valence-corrected chi connectivity index (χ3v) is 6.87. The lowest BCUT2D eigenvalue weighted by Gasteiger charge is -2.43. The van der Waals surface area contributed by atoms with Crippen molar-refractivity contribution in [3.63, 3.8) is 0 Å². The molecule has 0 spiro atoms. The van der Waals surface area contributed by atoms with Crippen molar-refractivity contribution in [2.45, 2.75) is 50.8 Å². The van der Waals surface area contributed by atoms with Crippen molar-refractivity contribution in [1.82, 2.24) is 0 Å². The van der Waals surface area contributed by atoms with Crippen LogP contribution >= 0.6 is 0 Å². The average molecular weight is 493 g/mol. The Kier molecular flexibility index (Phi) is 8.64. The quantitative estimate of drug-likeness (QED) is 0.422. The highest BCUT2D eigenvalue weighted by atomic mass is 16.7. The van der Waals surface area contributed by atoms with E-state index in [0.29, 0.717) is 30.9 Å². The molecule has 1 aliphatic rings. The van der Waals surface area contributed by atoms with Crippen LogP contribution in [0.15, 0.2) is 66.7 Å². The zero-order valence-electron chi connectivity index (χ0n) is 21.5. The Bertz CT molecular complexity index is 1130. The Hall–Kier alpha value is -2.90. The van der Waals surface area contributed by atoms with Gasteiger partial charge in [-0.3, -0.25) is 0 Å². The SMILES string of the molecule is COc1ccc(Cc2cc(C3(OC)CC(OCc4ccccc4)CC(CO)O3)ccc2C)cc1OC. The predicted octanol–water partition coefficient (Wildman–Crippen LogP) is 5.16. The predicted molar refractivity (Wildman–Crippen MR) is 138 cm³/mol. The van der Waals surface area contributed by atoms with Crippen molar-refractivity contribution < 1.29 is 28.8 Å². The van der Waals surface area contributed by atoms with Crippen molar-refractivity contribution >= 4 is 0 Å². The van der Waals surface area contributed by atoms with Crippen LogP contribution < -0.4 is 9.47 Å². The van der Waals surface area contributed by atoms with Gasteiger partial charge in [0.2, 0.25) is 0 Å². The first kappa shape index (κ1) is 26.2. The molecule has 3 aromatic carbocycles. The van der Waals surface area contributed by atoms with Gasteiger partial charge in [0, 0.05) is 25.5 Å². The zero-order chi connectivity index (χ0) is 25.5. The Morgan fingerprint density at radius 1 is 0.917 bits per heavy atom. The number of rotatable bonds is 10. The molecule has 4 rings (SSSR count). The van der Waals surface area contributed by atoms with Crippen LogP contribution in [0.2, 0.25) is 0 Å². The first-order chi connectivity index (χ1) is 17.5. The standard InChI is InChI=1S/C30H36O6/c1-21-10-12-25(16-24(21)14-23-11-13-28(32-2)29(15-23)33-3)30(34-4)18-26(17-27(19-31)36-30)35-20-22-8-6-5-7-9-22/h5-13,15-16,26-27,31H,14,17-20H2,1-4H3. The van der Waals surface area contributed by atoms with E-state index in [4.69, 9.17) is 23.7 Å². The minimum Gasteiger partial charge on any atom is -0.493 e.